The van der Waals surface area contributed by atoms with E-state index in [9.17, 15) is 0 Å². The van der Waals surface area contributed by atoms with Crippen molar-refractivity contribution in [3.05, 3.63) is 60.1 Å². The zero-order valence-corrected chi connectivity index (χ0v) is 20.9. The fourth-order valence-electron chi connectivity index (χ4n) is 3.68. The Hall–Kier alpha value is -1.58. The zero-order chi connectivity index (χ0) is 20.9. The summed E-state index contributed by atoms with van der Waals surface area (Å²) in [5.41, 5.74) is 1.39. The van der Waals surface area contributed by atoms with Crippen molar-refractivity contribution in [1.29, 1.82) is 0 Å². The molecule has 0 radical (unpaired) electrons. The van der Waals surface area contributed by atoms with Crippen LogP contribution in [0, 0.1) is 0 Å². The van der Waals surface area contributed by atoms with Crippen LogP contribution < -0.4 is 10.6 Å². The molecule has 0 amide bonds. The Morgan fingerprint density at radius 2 is 1.97 bits per heavy atom. The highest BCUT2D eigenvalue weighted by atomic mass is 127. The standard InChI is InChI=1S/C24H36N4O2.HI/c1-2-29-18-7-14-25-24(26-15-11-23-10-6-19-30-23)27-22-12-16-28(17-13-22)20-21-8-4-3-5-9-21;/h3-6,8-10,19,22H,2,7,11-18,20H2,1H3,(H2,25,26,27);1H. The van der Waals surface area contributed by atoms with E-state index in [1.165, 1.54) is 5.56 Å². The van der Waals surface area contributed by atoms with E-state index in [4.69, 9.17) is 14.1 Å². The summed E-state index contributed by atoms with van der Waals surface area (Å²) in [6, 6.07) is 15.1. The first kappa shape index (κ1) is 25.7. The second kappa shape index (κ2) is 15.3. The highest BCUT2D eigenvalue weighted by molar-refractivity contribution is 14.0. The van der Waals surface area contributed by atoms with Crippen molar-refractivity contribution in [3.63, 3.8) is 0 Å². The number of aliphatic imine (C=N–C) groups is 1. The molecule has 172 valence electrons. The lowest BCUT2D eigenvalue weighted by Gasteiger charge is -2.33. The molecule has 7 heteroatoms. The summed E-state index contributed by atoms with van der Waals surface area (Å²) in [6.45, 7) is 8.37. The van der Waals surface area contributed by atoms with Crippen LogP contribution >= 0.6 is 24.0 Å². The van der Waals surface area contributed by atoms with Gasteiger partial charge in [0.05, 0.1) is 6.26 Å². The fraction of sp³-hybridized carbons (Fsp3) is 0.542. The Morgan fingerprint density at radius 1 is 1.16 bits per heavy atom. The molecule has 0 spiro atoms. The summed E-state index contributed by atoms with van der Waals surface area (Å²) in [7, 11) is 0. The molecule has 2 heterocycles. The minimum Gasteiger partial charge on any atom is -0.469 e. The molecular formula is C24H37IN4O2. The second-order valence-electron chi connectivity index (χ2n) is 7.72. The highest BCUT2D eigenvalue weighted by Gasteiger charge is 2.20. The van der Waals surface area contributed by atoms with E-state index in [1.54, 1.807) is 6.26 Å². The number of hydrogen-bond acceptors (Lipinski definition) is 4. The lowest BCUT2D eigenvalue weighted by Crippen LogP contribution is -2.49. The van der Waals surface area contributed by atoms with Gasteiger partial charge in [-0.05, 0) is 43.9 Å². The van der Waals surface area contributed by atoms with Crippen molar-refractivity contribution in [2.24, 2.45) is 4.99 Å². The number of rotatable bonds is 11. The number of likely N-dealkylation sites (tertiary alicyclic amines) is 1. The number of piperidine rings is 1. The van der Waals surface area contributed by atoms with E-state index in [-0.39, 0.29) is 24.0 Å². The Balaban J connectivity index is 0.00000341. The number of halogens is 1. The molecule has 1 aliphatic heterocycles. The SMILES string of the molecule is CCOCCCN=C(NCCc1ccco1)NC1CCN(Cc2ccccc2)CC1.I. The molecule has 1 aliphatic rings. The third kappa shape index (κ3) is 10.1. The summed E-state index contributed by atoms with van der Waals surface area (Å²) < 4.78 is 10.9. The van der Waals surface area contributed by atoms with E-state index < -0.39 is 0 Å². The summed E-state index contributed by atoms with van der Waals surface area (Å²) in [4.78, 5) is 7.30. The van der Waals surface area contributed by atoms with Gasteiger partial charge in [-0.15, -0.1) is 24.0 Å². The van der Waals surface area contributed by atoms with Gasteiger partial charge in [0.2, 0.25) is 0 Å². The Kier molecular flexibility index (Phi) is 12.6. The average molecular weight is 540 g/mol. The zero-order valence-electron chi connectivity index (χ0n) is 18.6. The molecule has 0 bridgehead atoms. The van der Waals surface area contributed by atoms with Gasteiger partial charge < -0.3 is 19.8 Å². The maximum atomic E-state index is 5.43. The van der Waals surface area contributed by atoms with Gasteiger partial charge in [0.15, 0.2) is 5.96 Å². The average Bonchev–Trinajstić information content (AvgIpc) is 3.29. The van der Waals surface area contributed by atoms with Crippen LogP contribution in [0.25, 0.3) is 0 Å². The molecule has 0 unspecified atom stereocenters. The quantitative estimate of drug-likeness (QED) is 0.195. The minimum absolute atomic E-state index is 0. The van der Waals surface area contributed by atoms with Crippen molar-refractivity contribution >= 4 is 29.9 Å². The predicted octanol–water partition coefficient (Wildman–Crippen LogP) is 4.07. The molecule has 2 aromatic rings. The number of guanidine groups is 1. The molecule has 1 aromatic carbocycles. The van der Waals surface area contributed by atoms with Gasteiger partial charge in [-0.3, -0.25) is 9.89 Å². The van der Waals surface area contributed by atoms with Crippen LogP contribution in [0.1, 0.15) is 37.5 Å². The maximum absolute atomic E-state index is 5.43. The molecule has 1 aromatic heterocycles. The van der Waals surface area contributed by atoms with Crippen LogP contribution in [-0.2, 0) is 17.7 Å². The number of furan rings is 1. The van der Waals surface area contributed by atoms with Crippen LogP contribution in [0.5, 0.6) is 0 Å². The Morgan fingerprint density at radius 3 is 2.68 bits per heavy atom. The molecule has 31 heavy (non-hydrogen) atoms. The van der Waals surface area contributed by atoms with Gasteiger partial charge in [0.25, 0.3) is 0 Å². The van der Waals surface area contributed by atoms with E-state index in [0.717, 1.165) is 83.3 Å². The van der Waals surface area contributed by atoms with Crippen molar-refractivity contribution in [1.82, 2.24) is 15.5 Å². The van der Waals surface area contributed by atoms with E-state index in [0.29, 0.717) is 6.04 Å². The molecular weight excluding hydrogens is 503 g/mol. The van der Waals surface area contributed by atoms with Crippen LogP contribution in [0.2, 0.25) is 0 Å². The first-order valence-electron chi connectivity index (χ1n) is 11.2. The van der Waals surface area contributed by atoms with Crippen molar-refractivity contribution in [3.8, 4) is 0 Å². The second-order valence-corrected chi connectivity index (χ2v) is 7.72. The van der Waals surface area contributed by atoms with Gasteiger partial charge in [-0.1, -0.05) is 30.3 Å². The van der Waals surface area contributed by atoms with Crippen LogP contribution in [0.3, 0.4) is 0 Å². The third-order valence-corrected chi connectivity index (χ3v) is 5.34. The topological polar surface area (TPSA) is 62.0 Å². The summed E-state index contributed by atoms with van der Waals surface area (Å²) in [5, 5.41) is 7.12. The molecule has 0 saturated carbocycles. The Labute approximate surface area is 203 Å². The van der Waals surface area contributed by atoms with Gasteiger partial charge in [0.1, 0.15) is 5.76 Å². The minimum atomic E-state index is 0. The van der Waals surface area contributed by atoms with Crippen molar-refractivity contribution in [2.45, 2.75) is 45.2 Å². The lowest BCUT2D eigenvalue weighted by molar-refractivity contribution is 0.146. The van der Waals surface area contributed by atoms with E-state index in [1.807, 2.05) is 19.1 Å². The van der Waals surface area contributed by atoms with Crippen LogP contribution in [0.15, 0.2) is 58.1 Å². The van der Waals surface area contributed by atoms with Crippen molar-refractivity contribution < 1.29 is 9.15 Å². The van der Waals surface area contributed by atoms with Crippen LogP contribution in [0.4, 0.5) is 0 Å². The monoisotopic (exact) mass is 540 g/mol. The van der Waals surface area contributed by atoms with Gasteiger partial charge in [-0.2, -0.15) is 0 Å². The smallest absolute Gasteiger partial charge is 0.191 e. The first-order valence-corrected chi connectivity index (χ1v) is 11.2. The Bertz CT molecular complexity index is 716. The molecule has 0 aliphatic carbocycles. The maximum Gasteiger partial charge on any atom is 0.191 e. The normalized spacial score (nSPS) is 15.5. The number of hydrogen-bond donors (Lipinski definition) is 2. The van der Waals surface area contributed by atoms with Crippen molar-refractivity contribution in [2.75, 3.05) is 39.4 Å². The first-order chi connectivity index (χ1) is 14.8. The van der Waals surface area contributed by atoms with E-state index >= 15 is 0 Å². The number of benzene rings is 1. The number of nitrogens with one attached hydrogen (secondary N) is 2. The lowest BCUT2D eigenvalue weighted by atomic mass is 10.0. The van der Waals surface area contributed by atoms with Gasteiger partial charge in [-0.25, -0.2) is 0 Å². The molecule has 3 rings (SSSR count). The predicted molar refractivity (Wildman–Crippen MR) is 137 cm³/mol. The molecule has 2 N–H and O–H groups in total. The molecule has 0 atom stereocenters. The number of ether oxygens (including phenoxy) is 1. The largest absolute Gasteiger partial charge is 0.469 e. The third-order valence-electron chi connectivity index (χ3n) is 5.34. The van der Waals surface area contributed by atoms with E-state index in [2.05, 4.69) is 45.9 Å². The fourth-order valence-corrected chi connectivity index (χ4v) is 3.68. The van der Waals surface area contributed by atoms with Crippen LogP contribution in [-0.4, -0.2) is 56.3 Å². The highest BCUT2D eigenvalue weighted by Crippen LogP contribution is 2.14. The summed E-state index contributed by atoms with van der Waals surface area (Å²) in [6.07, 6.45) is 5.77. The number of nitrogens with zero attached hydrogens (tertiary/aromatic N) is 2. The summed E-state index contributed by atoms with van der Waals surface area (Å²) in [5.74, 6) is 1.90. The molecule has 6 nitrogen and oxygen atoms in total. The summed E-state index contributed by atoms with van der Waals surface area (Å²) >= 11 is 0. The molecule has 1 saturated heterocycles. The van der Waals surface area contributed by atoms with Gasteiger partial charge >= 0.3 is 0 Å². The molecule has 1 fully saturated rings. The van der Waals surface area contributed by atoms with Gasteiger partial charge in [0, 0.05) is 58.4 Å².